The third-order valence-electron chi connectivity index (χ3n) is 7.52. The fourth-order valence-corrected chi connectivity index (χ4v) is 8.34. The van der Waals surface area contributed by atoms with Crippen LogP contribution in [0.4, 0.5) is 11.4 Å². The van der Waals surface area contributed by atoms with Crippen molar-refractivity contribution < 1.29 is 21.6 Å². The second-order valence-electron chi connectivity index (χ2n) is 10.8. The minimum absolute atomic E-state index is 0.0137. The first-order chi connectivity index (χ1) is 15.9. The molecular weight excluding hydrogens is 474 g/mol. The fourth-order valence-electron chi connectivity index (χ4n) is 5.81. The van der Waals surface area contributed by atoms with Gasteiger partial charge in [-0.2, -0.15) is 0 Å². The summed E-state index contributed by atoms with van der Waals surface area (Å²) in [5.74, 6) is 0.0256. The molecule has 0 spiro atoms. The van der Waals surface area contributed by atoms with Gasteiger partial charge >= 0.3 is 0 Å². The lowest BCUT2D eigenvalue weighted by molar-refractivity contribution is -0.128. The number of nitrogens with zero attached hydrogens (tertiary/aromatic N) is 3. The Morgan fingerprint density at radius 3 is 2.26 bits per heavy atom. The molecule has 1 aromatic carbocycles. The summed E-state index contributed by atoms with van der Waals surface area (Å²) < 4.78 is 48.0. The van der Waals surface area contributed by atoms with Crippen LogP contribution in [0.2, 0.25) is 0 Å². The minimum Gasteiger partial charge on any atom is -0.369 e. The van der Waals surface area contributed by atoms with Gasteiger partial charge in [0.1, 0.15) is 5.75 Å². The quantitative estimate of drug-likeness (QED) is 0.575. The zero-order valence-corrected chi connectivity index (χ0v) is 22.1. The molecule has 0 saturated carbocycles. The number of hydrogen-bond donors (Lipinski definition) is 0. The fraction of sp³-hybridized carbons (Fsp3) is 0.708. The molecule has 2 atom stereocenters. The highest BCUT2D eigenvalue weighted by atomic mass is 32.2. The van der Waals surface area contributed by atoms with Gasteiger partial charge in [0.15, 0.2) is 19.7 Å². The molecule has 2 bridgehead atoms. The zero-order valence-electron chi connectivity index (χ0n) is 20.4. The largest absolute Gasteiger partial charge is 0.369 e. The van der Waals surface area contributed by atoms with Gasteiger partial charge in [0.05, 0.1) is 23.3 Å². The van der Waals surface area contributed by atoms with E-state index in [2.05, 4.69) is 47.9 Å². The number of sulfone groups is 2. The summed E-state index contributed by atoms with van der Waals surface area (Å²) in [6, 6.07) is 8.38. The molecule has 4 heterocycles. The predicted molar refractivity (Wildman–Crippen MR) is 136 cm³/mol. The standard InChI is InChI=1S/C24H37N3O5S2/c1-4-11-34(31,32)18-23(28)26-15-19-14-24(2,3)22(17-26)27(16-19)21-7-5-20(6-8-21)25-9-12-33(29,30)13-10-25/h5-8,19,22H,4,9-18H2,1-3H3/t19-,22-/m1/s1. The molecule has 10 heteroatoms. The van der Waals surface area contributed by atoms with Gasteiger partial charge in [0, 0.05) is 44.1 Å². The van der Waals surface area contributed by atoms with Gasteiger partial charge < -0.3 is 14.7 Å². The van der Waals surface area contributed by atoms with Crippen molar-refractivity contribution in [3.63, 3.8) is 0 Å². The Morgan fingerprint density at radius 1 is 1.03 bits per heavy atom. The van der Waals surface area contributed by atoms with Gasteiger partial charge in [-0.1, -0.05) is 20.8 Å². The van der Waals surface area contributed by atoms with Crippen molar-refractivity contribution in [2.24, 2.45) is 11.3 Å². The Labute approximate surface area is 204 Å². The molecule has 0 aliphatic carbocycles. The van der Waals surface area contributed by atoms with Crippen LogP contribution >= 0.6 is 0 Å². The maximum Gasteiger partial charge on any atom is 0.237 e. The molecule has 34 heavy (non-hydrogen) atoms. The molecule has 0 unspecified atom stereocenters. The number of amides is 1. The van der Waals surface area contributed by atoms with E-state index in [1.54, 1.807) is 4.90 Å². The SMILES string of the molecule is CCCS(=O)(=O)CC(=O)N1C[C@@H]2CN(c3ccc(N4CCS(=O)(=O)CC4)cc3)[C@H](C1)C(C)(C)C2. The molecule has 0 radical (unpaired) electrons. The Morgan fingerprint density at radius 2 is 1.65 bits per heavy atom. The van der Waals surface area contributed by atoms with E-state index in [1.807, 2.05) is 6.92 Å². The van der Waals surface area contributed by atoms with Crippen LogP contribution in [-0.2, 0) is 24.5 Å². The summed E-state index contributed by atoms with van der Waals surface area (Å²) in [4.78, 5) is 19.2. The summed E-state index contributed by atoms with van der Waals surface area (Å²) in [6.07, 6.45) is 1.52. The number of fused-ring (bicyclic) bond motifs is 4. The van der Waals surface area contributed by atoms with Crippen molar-refractivity contribution in [3.05, 3.63) is 24.3 Å². The molecule has 4 aliphatic rings. The topological polar surface area (TPSA) is 95.1 Å². The van der Waals surface area contributed by atoms with Crippen LogP contribution < -0.4 is 9.80 Å². The molecule has 1 aromatic rings. The monoisotopic (exact) mass is 511 g/mol. The number of piperidine rings is 1. The van der Waals surface area contributed by atoms with Gasteiger partial charge in [0.25, 0.3) is 0 Å². The van der Waals surface area contributed by atoms with Crippen LogP contribution in [0.1, 0.15) is 33.6 Å². The first-order valence-corrected chi connectivity index (χ1v) is 15.8. The molecular formula is C24H37N3O5S2. The Balaban J connectivity index is 1.51. The summed E-state index contributed by atoms with van der Waals surface area (Å²) in [7, 11) is -6.29. The van der Waals surface area contributed by atoms with E-state index in [4.69, 9.17) is 0 Å². The third-order valence-corrected chi connectivity index (χ3v) is 10.8. The molecule has 5 rings (SSSR count). The Bertz CT molecular complexity index is 1100. The molecule has 4 fully saturated rings. The van der Waals surface area contributed by atoms with Crippen LogP contribution in [0, 0.1) is 11.3 Å². The maximum atomic E-state index is 13.0. The van der Waals surface area contributed by atoms with Gasteiger partial charge in [-0.15, -0.1) is 0 Å². The first-order valence-electron chi connectivity index (χ1n) is 12.2. The summed E-state index contributed by atoms with van der Waals surface area (Å²) >= 11 is 0. The highest BCUT2D eigenvalue weighted by Crippen LogP contribution is 2.43. The van der Waals surface area contributed by atoms with Crippen LogP contribution in [0.25, 0.3) is 0 Å². The number of carbonyl (C=O) groups excluding carboxylic acids is 1. The highest BCUT2D eigenvalue weighted by molar-refractivity contribution is 7.92. The van der Waals surface area contributed by atoms with Crippen LogP contribution in [0.5, 0.6) is 0 Å². The van der Waals surface area contributed by atoms with E-state index in [-0.39, 0.29) is 40.5 Å². The smallest absolute Gasteiger partial charge is 0.237 e. The van der Waals surface area contributed by atoms with Crippen molar-refractivity contribution in [2.75, 3.05) is 65.5 Å². The van der Waals surface area contributed by atoms with Crippen molar-refractivity contribution >= 4 is 37.0 Å². The molecule has 0 N–H and O–H groups in total. The first kappa shape index (κ1) is 25.3. The van der Waals surface area contributed by atoms with Gasteiger partial charge in [-0.25, -0.2) is 16.8 Å². The molecule has 190 valence electrons. The molecule has 4 saturated heterocycles. The van der Waals surface area contributed by atoms with E-state index in [0.29, 0.717) is 32.6 Å². The predicted octanol–water partition coefficient (Wildman–Crippen LogP) is 1.81. The summed E-state index contributed by atoms with van der Waals surface area (Å²) in [5.41, 5.74) is 2.10. The average molecular weight is 512 g/mol. The number of benzene rings is 1. The van der Waals surface area contributed by atoms with Gasteiger partial charge in [-0.05, 0) is 48.4 Å². The zero-order chi connectivity index (χ0) is 24.7. The number of carbonyl (C=O) groups is 1. The summed E-state index contributed by atoms with van der Waals surface area (Å²) in [5, 5.41) is 0. The second kappa shape index (κ2) is 9.33. The van der Waals surface area contributed by atoms with Crippen LogP contribution in [0.15, 0.2) is 24.3 Å². The van der Waals surface area contributed by atoms with E-state index in [9.17, 15) is 21.6 Å². The van der Waals surface area contributed by atoms with Crippen molar-refractivity contribution in [1.82, 2.24) is 4.90 Å². The van der Waals surface area contributed by atoms with Crippen molar-refractivity contribution in [1.29, 1.82) is 0 Å². The van der Waals surface area contributed by atoms with E-state index in [0.717, 1.165) is 24.3 Å². The normalized spacial score (nSPS) is 26.4. The third kappa shape index (κ3) is 5.53. The van der Waals surface area contributed by atoms with Crippen molar-refractivity contribution in [3.8, 4) is 0 Å². The van der Waals surface area contributed by atoms with E-state index >= 15 is 0 Å². The maximum absolute atomic E-state index is 13.0. The Hall–Kier alpha value is -1.81. The number of rotatable bonds is 6. The number of anilines is 2. The Kier molecular flexibility index (Phi) is 6.94. The lowest BCUT2D eigenvalue weighted by Crippen LogP contribution is -2.54. The van der Waals surface area contributed by atoms with Gasteiger partial charge in [-0.3, -0.25) is 4.79 Å². The highest BCUT2D eigenvalue weighted by Gasteiger charge is 2.47. The molecule has 8 nitrogen and oxygen atoms in total. The van der Waals surface area contributed by atoms with E-state index in [1.165, 1.54) is 0 Å². The van der Waals surface area contributed by atoms with E-state index < -0.39 is 25.4 Å². The lowest BCUT2D eigenvalue weighted by atomic mass is 9.73. The molecule has 4 aliphatic heterocycles. The second-order valence-corrected chi connectivity index (χ2v) is 15.3. The van der Waals surface area contributed by atoms with Crippen LogP contribution in [-0.4, -0.2) is 89.4 Å². The molecule has 0 aromatic heterocycles. The number of hydrogen-bond acceptors (Lipinski definition) is 7. The van der Waals surface area contributed by atoms with Crippen molar-refractivity contribution in [2.45, 2.75) is 39.7 Å². The average Bonchev–Trinajstić information content (AvgIpc) is 3.01. The summed E-state index contributed by atoms with van der Waals surface area (Å²) in [6.45, 7) is 9.27. The van der Waals surface area contributed by atoms with Crippen LogP contribution in [0.3, 0.4) is 0 Å². The minimum atomic E-state index is -3.37. The van der Waals surface area contributed by atoms with Gasteiger partial charge in [0.2, 0.25) is 5.91 Å². The molecule has 1 amide bonds. The lowest BCUT2D eigenvalue weighted by Gasteiger charge is -2.48.